The summed E-state index contributed by atoms with van der Waals surface area (Å²) in [5, 5.41) is 8.96. The van der Waals surface area contributed by atoms with Crippen LogP contribution in [0.15, 0.2) is 18.2 Å². The highest BCUT2D eigenvalue weighted by molar-refractivity contribution is 5.43. The van der Waals surface area contributed by atoms with Crippen LogP contribution in [0.2, 0.25) is 0 Å². The largest absolute Gasteiger partial charge is 0.353 e. The third kappa shape index (κ3) is 2.08. The van der Waals surface area contributed by atoms with Crippen molar-refractivity contribution in [3.8, 4) is 6.07 Å². The van der Waals surface area contributed by atoms with Gasteiger partial charge >= 0.3 is 0 Å². The molecule has 3 heteroatoms. The van der Waals surface area contributed by atoms with Gasteiger partial charge in [0, 0.05) is 12.6 Å². The molecule has 1 saturated heterocycles. The lowest BCUT2D eigenvalue weighted by Gasteiger charge is -2.44. The first-order valence-electron chi connectivity index (χ1n) is 7.02. The van der Waals surface area contributed by atoms with Crippen LogP contribution >= 0.6 is 0 Å². The molecule has 1 aliphatic carbocycles. The van der Waals surface area contributed by atoms with Crippen molar-refractivity contribution in [1.29, 1.82) is 5.26 Å². The van der Waals surface area contributed by atoms with E-state index in [0.29, 0.717) is 11.7 Å². The van der Waals surface area contributed by atoms with Crippen LogP contribution in [0, 0.1) is 17.2 Å². The summed E-state index contributed by atoms with van der Waals surface area (Å²) < 4.78 is 0. The summed E-state index contributed by atoms with van der Waals surface area (Å²) in [7, 11) is 0. The van der Waals surface area contributed by atoms with E-state index in [1.165, 1.54) is 38.5 Å². The summed E-state index contributed by atoms with van der Waals surface area (Å²) >= 11 is 0. The zero-order valence-corrected chi connectivity index (χ0v) is 10.7. The van der Waals surface area contributed by atoms with Gasteiger partial charge in [0.2, 0.25) is 0 Å². The molecule has 3 rings (SSSR count). The second-order valence-electron chi connectivity index (χ2n) is 5.44. The van der Waals surface area contributed by atoms with E-state index in [2.05, 4.69) is 22.0 Å². The Balaban J connectivity index is 1.87. The van der Waals surface area contributed by atoms with Crippen molar-refractivity contribution in [2.45, 2.75) is 44.6 Å². The van der Waals surface area contributed by atoms with E-state index >= 15 is 0 Å². The fourth-order valence-corrected chi connectivity index (χ4v) is 3.55. The third-order valence-electron chi connectivity index (χ3n) is 4.39. The number of fused-ring (bicyclic) bond motifs is 1. The van der Waals surface area contributed by atoms with Gasteiger partial charge < -0.3 is 4.90 Å². The number of hydrogen-bond donors (Lipinski definition) is 0. The second-order valence-corrected chi connectivity index (χ2v) is 5.44. The lowest BCUT2D eigenvalue weighted by atomic mass is 9.78. The minimum atomic E-state index is 0.533. The van der Waals surface area contributed by atoms with Gasteiger partial charge in [-0.2, -0.15) is 5.26 Å². The van der Waals surface area contributed by atoms with Crippen LogP contribution in [0.3, 0.4) is 0 Å². The predicted molar refractivity (Wildman–Crippen MR) is 71.3 cm³/mol. The third-order valence-corrected chi connectivity index (χ3v) is 4.39. The number of nitrogens with zero attached hydrogens (tertiary/aromatic N) is 3. The molecule has 2 atom stereocenters. The Morgan fingerprint density at radius 3 is 2.89 bits per heavy atom. The molecule has 0 N–H and O–H groups in total. The Kier molecular flexibility index (Phi) is 3.19. The molecule has 0 unspecified atom stereocenters. The minimum Gasteiger partial charge on any atom is -0.353 e. The number of hydrogen-bond acceptors (Lipinski definition) is 3. The molecule has 2 fully saturated rings. The SMILES string of the molecule is N#Cc1cccc(N2CCC[C@H]3CCCC[C@H]32)n1. The van der Waals surface area contributed by atoms with Crippen molar-refractivity contribution in [2.24, 2.45) is 5.92 Å². The number of nitriles is 1. The average molecular weight is 241 g/mol. The highest BCUT2D eigenvalue weighted by atomic mass is 15.2. The average Bonchev–Trinajstić information content (AvgIpc) is 2.47. The molecule has 3 nitrogen and oxygen atoms in total. The molecule has 18 heavy (non-hydrogen) atoms. The van der Waals surface area contributed by atoms with Crippen molar-refractivity contribution < 1.29 is 0 Å². The molecule has 1 aromatic heterocycles. The zero-order chi connectivity index (χ0) is 12.4. The Morgan fingerprint density at radius 2 is 2.00 bits per heavy atom. The van der Waals surface area contributed by atoms with Gasteiger partial charge in [-0.1, -0.05) is 18.9 Å². The standard InChI is InChI=1S/C15H19N3/c16-11-13-7-3-9-15(17-13)18-10-4-6-12-5-1-2-8-14(12)18/h3,7,9,12,14H,1-2,4-6,8,10H2/t12-,14-/m1/s1. The molecule has 1 aliphatic heterocycles. The van der Waals surface area contributed by atoms with Gasteiger partial charge in [0.25, 0.3) is 0 Å². The van der Waals surface area contributed by atoms with Gasteiger partial charge in [0.15, 0.2) is 0 Å². The van der Waals surface area contributed by atoms with Crippen LogP contribution in [0.1, 0.15) is 44.2 Å². The molecular weight excluding hydrogens is 222 g/mol. The lowest BCUT2D eigenvalue weighted by Crippen LogP contribution is -2.47. The zero-order valence-electron chi connectivity index (χ0n) is 10.7. The number of rotatable bonds is 1. The van der Waals surface area contributed by atoms with Crippen LogP contribution in [0.5, 0.6) is 0 Å². The van der Waals surface area contributed by atoms with Crippen molar-refractivity contribution in [3.05, 3.63) is 23.9 Å². The van der Waals surface area contributed by atoms with E-state index in [1.807, 2.05) is 6.07 Å². The monoisotopic (exact) mass is 241 g/mol. The maximum atomic E-state index is 8.96. The van der Waals surface area contributed by atoms with Crippen molar-refractivity contribution in [2.75, 3.05) is 11.4 Å². The second kappa shape index (κ2) is 4.97. The molecule has 94 valence electrons. The van der Waals surface area contributed by atoms with Gasteiger partial charge in [-0.3, -0.25) is 0 Å². The summed E-state index contributed by atoms with van der Waals surface area (Å²) in [6.07, 6.45) is 8.04. The molecule has 0 amide bonds. The van der Waals surface area contributed by atoms with Gasteiger partial charge in [0.1, 0.15) is 17.6 Å². The summed E-state index contributed by atoms with van der Waals surface area (Å²) in [5.74, 6) is 1.85. The Hall–Kier alpha value is -1.56. The number of pyridine rings is 1. The van der Waals surface area contributed by atoms with Gasteiger partial charge in [0.05, 0.1) is 0 Å². The van der Waals surface area contributed by atoms with E-state index in [-0.39, 0.29) is 0 Å². The van der Waals surface area contributed by atoms with Gasteiger partial charge in [-0.25, -0.2) is 4.98 Å². The summed E-state index contributed by atoms with van der Waals surface area (Å²) in [5.41, 5.74) is 0.533. The van der Waals surface area contributed by atoms with E-state index in [0.717, 1.165) is 18.3 Å². The first-order chi connectivity index (χ1) is 8.88. The van der Waals surface area contributed by atoms with Gasteiger partial charge in [-0.05, 0) is 43.7 Å². The van der Waals surface area contributed by atoms with E-state index < -0.39 is 0 Å². The predicted octanol–water partition coefficient (Wildman–Crippen LogP) is 3.11. The first-order valence-corrected chi connectivity index (χ1v) is 7.02. The van der Waals surface area contributed by atoms with E-state index in [1.54, 1.807) is 6.07 Å². The molecule has 0 radical (unpaired) electrons. The fourth-order valence-electron chi connectivity index (χ4n) is 3.55. The highest BCUT2D eigenvalue weighted by Crippen LogP contribution is 2.37. The summed E-state index contributed by atoms with van der Waals surface area (Å²) in [6.45, 7) is 1.10. The molecule has 0 bridgehead atoms. The molecule has 0 aromatic carbocycles. The van der Waals surface area contributed by atoms with Crippen molar-refractivity contribution in [1.82, 2.24) is 4.98 Å². The smallest absolute Gasteiger partial charge is 0.142 e. The fraction of sp³-hybridized carbons (Fsp3) is 0.600. The van der Waals surface area contributed by atoms with E-state index in [4.69, 9.17) is 5.26 Å². The molecule has 1 aromatic rings. The highest BCUT2D eigenvalue weighted by Gasteiger charge is 2.33. The molecule has 2 heterocycles. The van der Waals surface area contributed by atoms with Crippen molar-refractivity contribution >= 4 is 5.82 Å². The number of anilines is 1. The van der Waals surface area contributed by atoms with Crippen LogP contribution in [0.4, 0.5) is 5.82 Å². The van der Waals surface area contributed by atoms with E-state index in [9.17, 15) is 0 Å². The van der Waals surface area contributed by atoms with Crippen LogP contribution in [-0.4, -0.2) is 17.6 Å². The molecule has 0 spiro atoms. The minimum absolute atomic E-state index is 0.533. The molecular formula is C15H19N3. The normalized spacial score (nSPS) is 27.4. The summed E-state index contributed by atoms with van der Waals surface area (Å²) in [4.78, 5) is 6.92. The first kappa shape index (κ1) is 11.5. The van der Waals surface area contributed by atoms with Crippen LogP contribution < -0.4 is 4.90 Å². The Labute approximate surface area is 108 Å². The Morgan fingerprint density at radius 1 is 1.17 bits per heavy atom. The maximum absolute atomic E-state index is 8.96. The number of piperidine rings is 1. The topological polar surface area (TPSA) is 39.9 Å². The number of aromatic nitrogens is 1. The van der Waals surface area contributed by atoms with Gasteiger partial charge in [-0.15, -0.1) is 0 Å². The van der Waals surface area contributed by atoms with Crippen LogP contribution in [-0.2, 0) is 0 Å². The van der Waals surface area contributed by atoms with Crippen LogP contribution in [0.25, 0.3) is 0 Å². The van der Waals surface area contributed by atoms with Crippen molar-refractivity contribution in [3.63, 3.8) is 0 Å². The lowest BCUT2D eigenvalue weighted by molar-refractivity contribution is 0.242. The maximum Gasteiger partial charge on any atom is 0.142 e. The molecule has 1 saturated carbocycles. The molecule has 2 aliphatic rings. The quantitative estimate of drug-likeness (QED) is 0.758. The Bertz CT molecular complexity index is 461. The summed E-state index contributed by atoms with van der Waals surface area (Å²) in [6, 6.07) is 8.59.